The first-order valence-electron chi connectivity index (χ1n) is 11.5. The van der Waals surface area contributed by atoms with Gasteiger partial charge < -0.3 is 15.0 Å². The molecule has 2 heterocycles. The normalized spacial score (nSPS) is 19.5. The zero-order valence-corrected chi connectivity index (χ0v) is 18.4. The lowest BCUT2D eigenvalue weighted by Gasteiger charge is -2.27. The van der Waals surface area contributed by atoms with Crippen molar-refractivity contribution < 1.29 is 5.11 Å². The van der Waals surface area contributed by atoms with E-state index in [4.69, 9.17) is 4.98 Å². The van der Waals surface area contributed by atoms with Crippen LogP contribution in [-0.2, 0) is 0 Å². The molecule has 0 amide bonds. The van der Waals surface area contributed by atoms with E-state index in [-0.39, 0.29) is 6.10 Å². The molecule has 4 rings (SSSR count). The van der Waals surface area contributed by atoms with Crippen molar-refractivity contribution in [1.82, 2.24) is 14.5 Å². The monoisotopic (exact) mass is 406 g/mol. The lowest BCUT2D eigenvalue weighted by Crippen LogP contribution is -2.21. The maximum atomic E-state index is 9.96. The van der Waals surface area contributed by atoms with Crippen LogP contribution in [0.4, 0.5) is 5.95 Å². The Morgan fingerprint density at radius 1 is 1.13 bits per heavy atom. The molecular weight excluding hydrogens is 372 g/mol. The summed E-state index contributed by atoms with van der Waals surface area (Å²) >= 11 is 0. The van der Waals surface area contributed by atoms with Crippen LogP contribution >= 0.6 is 0 Å². The number of rotatable bonds is 7. The van der Waals surface area contributed by atoms with Gasteiger partial charge in [0.25, 0.3) is 0 Å². The first kappa shape index (κ1) is 20.9. The molecule has 160 valence electrons. The number of fused-ring (bicyclic) bond motifs is 1. The number of nitrogens with one attached hydrogen (secondary N) is 1. The molecule has 0 saturated heterocycles. The Morgan fingerprint density at radius 3 is 2.53 bits per heavy atom. The fourth-order valence-electron chi connectivity index (χ4n) is 4.38. The number of aromatic nitrogens is 3. The lowest BCUT2D eigenvalue weighted by molar-refractivity contribution is 0.111. The molecule has 0 aliphatic heterocycles. The predicted octanol–water partition coefficient (Wildman–Crippen LogP) is 5.91. The van der Waals surface area contributed by atoms with Crippen LogP contribution in [0.1, 0.15) is 76.8 Å². The molecule has 0 spiro atoms. The van der Waals surface area contributed by atoms with E-state index in [0.29, 0.717) is 17.9 Å². The van der Waals surface area contributed by atoms with Crippen LogP contribution in [0.25, 0.3) is 22.2 Å². The van der Waals surface area contributed by atoms with E-state index >= 15 is 0 Å². The number of aliphatic hydroxyl groups excluding tert-OH is 1. The van der Waals surface area contributed by atoms with E-state index in [1.807, 2.05) is 6.20 Å². The smallest absolute Gasteiger partial charge is 0.224 e. The number of benzene rings is 1. The number of unbranched alkanes of at least 4 members (excludes halogenated alkanes) is 1. The third-order valence-electron chi connectivity index (χ3n) is 6.33. The van der Waals surface area contributed by atoms with E-state index in [1.165, 1.54) is 16.7 Å². The van der Waals surface area contributed by atoms with Gasteiger partial charge in [0.15, 0.2) is 0 Å². The SMILES string of the molecule is CCCCNc1ncc2c(-c3ccc(C(C)C)cc3)cn(C3CCC(O)CC3)c2n1. The molecular formula is C25H34N4O. The number of aliphatic hydroxyl groups is 1. The van der Waals surface area contributed by atoms with Gasteiger partial charge in [0.1, 0.15) is 5.65 Å². The summed E-state index contributed by atoms with van der Waals surface area (Å²) < 4.78 is 2.33. The second kappa shape index (κ2) is 9.17. The lowest BCUT2D eigenvalue weighted by atomic mass is 9.93. The first-order chi connectivity index (χ1) is 14.6. The average Bonchev–Trinajstić information content (AvgIpc) is 3.13. The van der Waals surface area contributed by atoms with Gasteiger partial charge in [0.2, 0.25) is 5.95 Å². The summed E-state index contributed by atoms with van der Waals surface area (Å²) in [6.07, 6.45) is 10.00. The summed E-state index contributed by atoms with van der Waals surface area (Å²) in [5.74, 6) is 1.22. The largest absolute Gasteiger partial charge is 0.393 e. The van der Waals surface area contributed by atoms with E-state index in [2.05, 4.69) is 66.1 Å². The van der Waals surface area contributed by atoms with Crippen molar-refractivity contribution in [2.75, 3.05) is 11.9 Å². The number of nitrogens with zero attached hydrogens (tertiary/aromatic N) is 3. The minimum absolute atomic E-state index is 0.160. The van der Waals surface area contributed by atoms with Crippen molar-refractivity contribution in [1.29, 1.82) is 0 Å². The van der Waals surface area contributed by atoms with E-state index in [0.717, 1.165) is 56.1 Å². The molecule has 1 aliphatic carbocycles. The Bertz CT molecular complexity index is 969. The van der Waals surface area contributed by atoms with Crippen molar-refractivity contribution in [3.8, 4) is 11.1 Å². The second-order valence-corrected chi connectivity index (χ2v) is 8.90. The Labute approximate surface area is 179 Å². The van der Waals surface area contributed by atoms with Crippen LogP contribution < -0.4 is 5.32 Å². The summed E-state index contributed by atoms with van der Waals surface area (Å²) in [4.78, 5) is 9.52. The topological polar surface area (TPSA) is 63.0 Å². The molecule has 5 heteroatoms. The van der Waals surface area contributed by atoms with Gasteiger partial charge in [-0.05, 0) is 49.1 Å². The Balaban J connectivity index is 1.74. The molecule has 0 unspecified atom stereocenters. The maximum absolute atomic E-state index is 9.96. The fraction of sp³-hybridized carbons (Fsp3) is 0.520. The highest BCUT2D eigenvalue weighted by Crippen LogP contribution is 2.37. The molecule has 0 radical (unpaired) electrons. The highest BCUT2D eigenvalue weighted by molar-refractivity contribution is 5.94. The summed E-state index contributed by atoms with van der Waals surface area (Å²) in [5, 5.41) is 14.4. The predicted molar refractivity (Wildman–Crippen MR) is 124 cm³/mol. The van der Waals surface area contributed by atoms with Crippen molar-refractivity contribution in [3.05, 3.63) is 42.2 Å². The van der Waals surface area contributed by atoms with Crippen molar-refractivity contribution in [2.24, 2.45) is 0 Å². The quantitative estimate of drug-likeness (QED) is 0.479. The highest BCUT2D eigenvalue weighted by Gasteiger charge is 2.24. The summed E-state index contributed by atoms with van der Waals surface area (Å²) in [6, 6.07) is 9.25. The Hall–Kier alpha value is -2.40. The van der Waals surface area contributed by atoms with Crippen molar-refractivity contribution >= 4 is 17.0 Å². The standard InChI is InChI=1S/C25H34N4O/c1-4-5-14-26-25-27-15-22-23(19-8-6-18(7-9-19)17(2)3)16-29(24(22)28-25)20-10-12-21(30)13-11-20/h6-9,15-17,20-21,30H,4-5,10-14H2,1-3H3,(H,26,27,28). The molecule has 1 saturated carbocycles. The van der Waals surface area contributed by atoms with E-state index < -0.39 is 0 Å². The second-order valence-electron chi connectivity index (χ2n) is 8.90. The van der Waals surface area contributed by atoms with Gasteiger partial charge in [-0.3, -0.25) is 0 Å². The van der Waals surface area contributed by atoms with Crippen molar-refractivity contribution in [2.45, 2.75) is 77.4 Å². The van der Waals surface area contributed by atoms with Crippen LogP contribution in [0.15, 0.2) is 36.7 Å². The summed E-state index contributed by atoms with van der Waals surface area (Å²) in [6.45, 7) is 7.52. The highest BCUT2D eigenvalue weighted by atomic mass is 16.3. The molecule has 0 bridgehead atoms. The molecule has 30 heavy (non-hydrogen) atoms. The fourth-order valence-corrected chi connectivity index (χ4v) is 4.38. The minimum Gasteiger partial charge on any atom is -0.393 e. The third kappa shape index (κ3) is 4.36. The molecule has 1 aliphatic rings. The molecule has 5 nitrogen and oxygen atoms in total. The van der Waals surface area contributed by atoms with E-state index in [9.17, 15) is 5.11 Å². The van der Waals surface area contributed by atoms with Gasteiger partial charge in [0, 0.05) is 35.9 Å². The van der Waals surface area contributed by atoms with Crippen LogP contribution in [0.2, 0.25) is 0 Å². The van der Waals surface area contributed by atoms with Crippen LogP contribution in [0, 0.1) is 0 Å². The molecule has 0 atom stereocenters. The minimum atomic E-state index is -0.160. The van der Waals surface area contributed by atoms with Crippen molar-refractivity contribution in [3.63, 3.8) is 0 Å². The third-order valence-corrected chi connectivity index (χ3v) is 6.33. The molecule has 2 aromatic heterocycles. The van der Waals surface area contributed by atoms with Gasteiger partial charge in [-0.15, -0.1) is 0 Å². The van der Waals surface area contributed by atoms with E-state index in [1.54, 1.807) is 0 Å². The summed E-state index contributed by atoms with van der Waals surface area (Å²) in [7, 11) is 0. The summed E-state index contributed by atoms with van der Waals surface area (Å²) in [5.41, 5.74) is 4.73. The molecule has 2 N–H and O–H groups in total. The Kier molecular flexibility index (Phi) is 6.38. The number of anilines is 1. The number of hydrogen-bond donors (Lipinski definition) is 2. The molecule has 1 aromatic carbocycles. The number of hydrogen-bond acceptors (Lipinski definition) is 4. The van der Waals surface area contributed by atoms with Crippen LogP contribution in [-0.4, -0.2) is 32.3 Å². The zero-order valence-electron chi connectivity index (χ0n) is 18.4. The maximum Gasteiger partial charge on any atom is 0.224 e. The van der Waals surface area contributed by atoms with Crippen LogP contribution in [0.5, 0.6) is 0 Å². The van der Waals surface area contributed by atoms with Gasteiger partial charge in [-0.1, -0.05) is 51.5 Å². The van der Waals surface area contributed by atoms with Crippen LogP contribution in [0.3, 0.4) is 0 Å². The van der Waals surface area contributed by atoms with Gasteiger partial charge in [-0.25, -0.2) is 4.98 Å². The van der Waals surface area contributed by atoms with Gasteiger partial charge in [-0.2, -0.15) is 4.98 Å². The average molecular weight is 407 g/mol. The van der Waals surface area contributed by atoms with Gasteiger partial charge in [0.05, 0.1) is 6.10 Å². The first-order valence-corrected chi connectivity index (χ1v) is 11.5. The Morgan fingerprint density at radius 2 is 1.87 bits per heavy atom. The van der Waals surface area contributed by atoms with Gasteiger partial charge >= 0.3 is 0 Å². The molecule has 3 aromatic rings. The molecule has 1 fully saturated rings. The zero-order chi connectivity index (χ0) is 21.1.